The lowest BCUT2D eigenvalue weighted by Crippen LogP contribution is -3.00. The van der Waals surface area contributed by atoms with Crippen LogP contribution in [-0.2, 0) is 23.9 Å². The van der Waals surface area contributed by atoms with Crippen molar-refractivity contribution in [2.45, 2.75) is 32.3 Å². The zero-order valence-corrected chi connectivity index (χ0v) is 13.7. The minimum absolute atomic E-state index is 0. The number of aliphatic carboxylic acids is 1. The van der Waals surface area contributed by atoms with Gasteiger partial charge in [0.05, 0.1) is 47.0 Å². The molecule has 0 aliphatic heterocycles. The highest BCUT2D eigenvalue weighted by Gasteiger charge is 2.25. The molecule has 0 aliphatic carbocycles. The first-order valence-corrected chi connectivity index (χ1v) is 6.51. The molecule has 0 rings (SSSR count). The van der Waals surface area contributed by atoms with Crippen molar-refractivity contribution in [3.05, 3.63) is 0 Å². The van der Waals surface area contributed by atoms with Gasteiger partial charge in [-0.05, 0) is 6.92 Å². The molecule has 21 heavy (non-hydrogen) atoms. The number of likely N-dealkylation sites (N-methyl/N-ethyl adjacent to an activating group) is 1. The lowest BCUT2D eigenvalue weighted by Gasteiger charge is -2.28. The van der Waals surface area contributed by atoms with Crippen molar-refractivity contribution in [2.75, 3.05) is 34.3 Å². The molecule has 0 amide bonds. The first-order valence-electron chi connectivity index (χ1n) is 6.51. The Labute approximate surface area is 131 Å². The summed E-state index contributed by atoms with van der Waals surface area (Å²) in [7, 11) is 5.63. The second-order valence-corrected chi connectivity index (χ2v) is 5.49. The molecule has 1 N–H and O–H groups in total. The van der Waals surface area contributed by atoms with E-state index in [1.807, 2.05) is 21.1 Å². The Kier molecular flexibility index (Phi) is 10.9. The maximum Gasteiger partial charge on any atom is 0.307 e. The highest BCUT2D eigenvalue weighted by atomic mass is 35.5. The Morgan fingerprint density at radius 2 is 1.62 bits per heavy atom. The molecule has 0 bridgehead atoms. The summed E-state index contributed by atoms with van der Waals surface area (Å²) in [5.74, 6) is -2.08. The molecular weight excluding hydrogens is 302 g/mol. The second kappa shape index (κ2) is 10.4. The number of rotatable bonds is 9. The Balaban J connectivity index is 0. The molecule has 1 atom stereocenters. The van der Waals surface area contributed by atoms with Gasteiger partial charge in [0, 0.05) is 0 Å². The SMILES string of the molecule is CCOC(=O)CCC(=O)OC(CC(=O)O)C[N+](C)(C)C.[Cl-]. The summed E-state index contributed by atoms with van der Waals surface area (Å²) >= 11 is 0. The Hall–Kier alpha value is -1.34. The minimum atomic E-state index is -1.03. The topological polar surface area (TPSA) is 89.9 Å². The van der Waals surface area contributed by atoms with E-state index in [-0.39, 0.29) is 38.3 Å². The smallest absolute Gasteiger partial charge is 0.307 e. The van der Waals surface area contributed by atoms with Crippen LogP contribution in [-0.4, -0.2) is 67.9 Å². The summed E-state index contributed by atoms with van der Waals surface area (Å²) < 4.78 is 10.3. The minimum Gasteiger partial charge on any atom is -1.00 e. The normalized spacial score (nSPS) is 12.0. The molecule has 0 aromatic carbocycles. The molecule has 0 saturated carbocycles. The van der Waals surface area contributed by atoms with Gasteiger partial charge in [-0.1, -0.05) is 0 Å². The first-order chi connectivity index (χ1) is 9.14. The van der Waals surface area contributed by atoms with E-state index >= 15 is 0 Å². The fourth-order valence-electron chi connectivity index (χ4n) is 1.63. The van der Waals surface area contributed by atoms with Crippen molar-refractivity contribution < 1.29 is 45.9 Å². The number of ether oxygens (including phenoxy) is 2. The van der Waals surface area contributed by atoms with E-state index < -0.39 is 24.0 Å². The van der Waals surface area contributed by atoms with Crippen LogP contribution in [0.25, 0.3) is 0 Å². The summed E-state index contributed by atoms with van der Waals surface area (Å²) in [6, 6.07) is 0. The van der Waals surface area contributed by atoms with E-state index in [1.54, 1.807) is 6.92 Å². The third-order valence-electron chi connectivity index (χ3n) is 2.29. The van der Waals surface area contributed by atoms with Crippen molar-refractivity contribution in [3.63, 3.8) is 0 Å². The molecule has 8 heteroatoms. The first kappa shape index (κ1) is 21.9. The van der Waals surface area contributed by atoms with E-state index in [2.05, 4.69) is 0 Å². The number of nitrogens with zero attached hydrogens (tertiary/aromatic N) is 1. The van der Waals surface area contributed by atoms with Crippen molar-refractivity contribution in [2.24, 2.45) is 0 Å². The molecule has 0 saturated heterocycles. The predicted molar refractivity (Wildman–Crippen MR) is 70.9 cm³/mol. The van der Waals surface area contributed by atoms with Gasteiger partial charge in [-0.25, -0.2) is 0 Å². The quantitative estimate of drug-likeness (QED) is 0.370. The zero-order chi connectivity index (χ0) is 15.8. The molecule has 1 unspecified atom stereocenters. The molecular formula is C13H24ClNO6. The third kappa shape index (κ3) is 13.4. The number of esters is 2. The number of hydrogen-bond donors (Lipinski definition) is 1. The Morgan fingerprint density at radius 3 is 2.05 bits per heavy atom. The standard InChI is InChI=1S/C13H23NO6.ClH/c1-5-19-12(17)6-7-13(18)20-10(8-11(15)16)9-14(2,3)4;/h10H,5-9H2,1-4H3;1H. The molecule has 0 fully saturated rings. The van der Waals surface area contributed by atoms with Gasteiger partial charge >= 0.3 is 17.9 Å². The average Bonchev–Trinajstić information content (AvgIpc) is 2.23. The number of quaternary nitrogens is 1. The van der Waals surface area contributed by atoms with E-state index in [0.29, 0.717) is 11.0 Å². The van der Waals surface area contributed by atoms with Crippen LogP contribution in [0.2, 0.25) is 0 Å². The van der Waals surface area contributed by atoms with Gasteiger partial charge in [0.2, 0.25) is 0 Å². The van der Waals surface area contributed by atoms with Gasteiger partial charge in [0.15, 0.2) is 6.10 Å². The number of carbonyl (C=O) groups is 3. The number of carboxylic acids is 1. The van der Waals surface area contributed by atoms with Crippen molar-refractivity contribution in [3.8, 4) is 0 Å². The summed E-state index contributed by atoms with van der Waals surface area (Å²) in [5, 5.41) is 8.81. The van der Waals surface area contributed by atoms with Gasteiger partial charge in [-0.15, -0.1) is 0 Å². The van der Waals surface area contributed by atoms with Crippen LogP contribution in [0.15, 0.2) is 0 Å². The van der Waals surface area contributed by atoms with Crippen molar-refractivity contribution >= 4 is 17.9 Å². The molecule has 0 aliphatic rings. The summed E-state index contributed by atoms with van der Waals surface area (Å²) in [5.41, 5.74) is 0. The number of carboxylic acid groups (broad SMARTS) is 1. The van der Waals surface area contributed by atoms with Crippen LogP contribution in [0.4, 0.5) is 0 Å². The molecule has 0 aromatic rings. The summed E-state index contributed by atoms with van der Waals surface area (Å²) in [6.07, 6.45) is -1.12. The van der Waals surface area contributed by atoms with E-state index in [9.17, 15) is 14.4 Å². The lowest BCUT2D eigenvalue weighted by molar-refractivity contribution is -0.873. The maximum atomic E-state index is 11.6. The van der Waals surface area contributed by atoms with E-state index in [0.717, 1.165) is 0 Å². The number of hydrogen-bond acceptors (Lipinski definition) is 5. The fraction of sp³-hybridized carbons (Fsp3) is 0.769. The highest BCUT2D eigenvalue weighted by molar-refractivity contribution is 5.78. The zero-order valence-electron chi connectivity index (χ0n) is 12.9. The molecule has 0 aromatic heterocycles. The van der Waals surface area contributed by atoms with Crippen molar-refractivity contribution in [1.29, 1.82) is 0 Å². The summed E-state index contributed by atoms with van der Waals surface area (Å²) in [6.45, 7) is 2.33. The number of halogens is 1. The van der Waals surface area contributed by atoms with Gasteiger partial charge in [0.1, 0.15) is 6.54 Å². The van der Waals surface area contributed by atoms with Crippen molar-refractivity contribution in [1.82, 2.24) is 0 Å². The van der Waals surface area contributed by atoms with Gasteiger partial charge in [0.25, 0.3) is 0 Å². The van der Waals surface area contributed by atoms with Gasteiger partial charge in [-0.3, -0.25) is 14.4 Å². The van der Waals surface area contributed by atoms with E-state index in [4.69, 9.17) is 14.6 Å². The maximum absolute atomic E-state index is 11.6. The lowest BCUT2D eigenvalue weighted by atomic mass is 10.2. The monoisotopic (exact) mass is 325 g/mol. The molecule has 0 radical (unpaired) electrons. The second-order valence-electron chi connectivity index (χ2n) is 5.49. The van der Waals surface area contributed by atoms with Gasteiger partial charge in [-0.2, -0.15) is 0 Å². The van der Waals surface area contributed by atoms with Gasteiger partial charge < -0.3 is 31.5 Å². The predicted octanol–water partition coefficient (Wildman–Crippen LogP) is -2.57. The number of carbonyl (C=O) groups excluding carboxylic acids is 2. The average molecular weight is 326 g/mol. The Morgan fingerprint density at radius 1 is 1.10 bits per heavy atom. The van der Waals surface area contributed by atoms with E-state index in [1.165, 1.54) is 0 Å². The molecule has 0 spiro atoms. The third-order valence-corrected chi connectivity index (χ3v) is 2.29. The fourth-order valence-corrected chi connectivity index (χ4v) is 1.63. The Bertz CT molecular complexity index is 353. The highest BCUT2D eigenvalue weighted by Crippen LogP contribution is 2.07. The van der Waals surface area contributed by atoms with Crippen LogP contribution in [0.5, 0.6) is 0 Å². The van der Waals surface area contributed by atoms with Crippen LogP contribution < -0.4 is 12.4 Å². The largest absolute Gasteiger partial charge is 1.00 e. The van der Waals surface area contributed by atoms with Crippen LogP contribution in [0, 0.1) is 0 Å². The molecule has 0 heterocycles. The molecule has 7 nitrogen and oxygen atoms in total. The van der Waals surface area contributed by atoms with Crippen LogP contribution in [0.3, 0.4) is 0 Å². The molecule has 124 valence electrons. The van der Waals surface area contributed by atoms with Crippen LogP contribution in [0.1, 0.15) is 26.2 Å². The summed E-state index contributed by atoms with van der Waals surface area (Å²) in [4.78, 5) is 33.5. The van der Waals surface area contributed by atoms with Crippen LogP contribution >= 0.6 is 0 Å².